The molecule has 1 aromatic rings. The van der Waals surface area contributed by atoms with Crippen LogP contribution in [-0.2, 0) is 21.1 Å². The van der Waals surface area contributed by atoms with Crippen molar-refractivity contribution in [1.82, 2.24) is 5.32 Å². The van der Waals surface area contributed by atoms with Crippen molar-refractivity contribution in [2.75, 3.05) is 5.75 Å². The fraction of sp³-hybridized carbons (Fsp3) is 0.611. The predicted octanol–water partition coefficient (Wildman–Crippen LogP) is 2.93. The first-order chi connectivity index (χ1) is 11.1. The van der Waals surface area contributed by atoms with E-state index in [1.807, 2.05) is 12.1 Å². The van der Waals surface area contributed by atoms with Crippen LogP contribution < -0.4 is 5.32 Å². The second-order valence-electron chi connectivity index (χ2n) is 6.78. The Morgan fingerprint density at radius 3 is 2.52 bits per heavy atom. The quantitative estimate of drug-likeness (QED) is 0.861. The normalized spacial score (nSPS) is 22.3. The molecule has 0 bridgehead atoms. The average Bonchev–Trinajstić information content (AvgIpc) is 2.99. The van der Waals surface area contributed by atoms with Crippen LogP contribution in [0.15, 0.2) is 24.3 Å². The van der Waals surface area contributed by atoms with Crippen LogP contribution in [0.4, 0.5) is 0 Å². The number of aryl methyl sites for hydroxylation is 1. The third-order valence-electron chi connectivity index (χ3n) is 5.10. The number of rotatable bonds is 4. The Morgan fingerprint density at radius 2 is 1.74 bits per heavy atom. The van der Waals surface area contributed by atoms with Crippen LogP contribution >= 0.6 is 0 Å². The highest BCUT2D eigenvalue weighted by Gasteiger charge is 2.31. The monoisotopic (exact) mass is 335 g/mol. The number of carbonyl (C=O) groups is 1. The Bertz CT molecular complexity index is 663. The maximum atomic E-state index is 12.3. The van der Waals surface area contributed by atoms with E-state index in [1.54, 1.807) is 0 Å². The molecule has 0 radical (unpaired) electrons. The summed E-state index contributed by atoms with van der Waals surface area (Å²) in [4.78, 5) is 12.3. The lowest BCUT2D eigenvalue weighted by Crippen LogP contribution is -2.36. The first kappa shape index (κ1) is 16.5. The number of sulfone groups is 1. The van der Waals surface area contributed by atoms with E-state index in [9.17, 15) is 13.2 Å². The van der Waals surface area contributed by atoms with Crippen LogP contribution in [0.3, 0.4) is 0 Å². The van der Waals surface area contributed by atoms with Crippen LogP contribution in [-0.4, -0.2) is 25.3 Å². The highest BCUT2D eigenvalue weighted by Crippen LogP contribution is 2.29. The van der Waals surface area contributed by atoms with Crippen LogP contribution in [0, 0.1) is 0 Å². The molecule has 4 nitrogen and oxygen atoms in total. The van der Waals surface area contributed by atoms with E-state index in [1.165, 1.54) is 5.56 Å². The predicted molar refractivity (Wildman–Crippen MR) is 90.9 cm³/mol. The van der Waals surface area contributed by atoms with Crippen molar-refractivity contribution < 1.29 is 13.2 Å². The van der Waals surface area contributed by atoms with Gasteiger partial charge in [0.05, 0.1) is 11.3 Å². The average molecular weight is 335 g/mol. The standard InChI is InChI=1S/C18H25NO3S/c20-18(13-23(21,22)15-9-3-4-10-15)19-17-12-6-2-8-14-7-1-5-11-16(14)17/h1,5,7,11,15,17H,2-4,6,8-10,12-13H2,(H,19,20)/t17-/m1/s1. The first-order valence-corrected chi connectivity index (χ1v) is 10.4. The lowest BCUT2D eigenvalue weighted by molar-refractivity contribution is -0.119. The molecular weight excluding hydrogens is 310 g/mol. The Kier molecular flexibility index (Phi) is 5.05. The Hall–Kier alpha value is -1.36. The van der Waals surface area contributed by atoms with Crippen molar-refractivity contribution >= 4 is 15.7 Å². The second-order valence-corrected chi connectivity index (χ2v) is 9.06. The minimum Gasteiger partial charge on any atom is -0.348 e. The van der Waals surface area contributed by atoms with E-state index in [0.29, 0.717) is 12.8 Å². The summed E-state index contributed by atoms with van der Waals surface area (Å²) >= 11 is 0. The molecule has 23 heavy (non-hydrogen) atoms. The SMILES string of the molecule is O=C(CS(=O)(=O)C1CCCC1)N[C@@H]1CCCCc2ccccc21. The van der Waals surface area contributed by atoms with Crippen LogP contribution in [0.1, 0.15) is 62.1 Å². The molecule has 126 valence electrons. The topological polar surface area (TPSA) is 63.2 Å². The molecule has 1 aromatic carbocycles. The van der Waals surface area contributed by atoms with Crippen molar-refractivity contribution in [2.24, 2.45) is 0 Å². The molecule has 0 saturated heterocycles. The fourth-order valence-corrected chi connectivity index (χ4v) is 5.59. The molecule has 1 amide bonds. The lowest BCUT2D eigenvalue weighted by atomic mass is 9.99. The minimum atomic E-state index is -3.31. The molecule has 0 aromatic heterocycles. The summed E-state index contributed by atoms with van der Waals surface area (Å²) < 4.78 is 24.7. The maximum absolute atomic E-state index is 12.3. The van der Waals surface area contributed by atoms with Gasteiger partial charge in [0.25, 0.3) is 0 Å². The number of carbonyl (C=O) groups excluding carboxylic acids is 1. The third kappa shape index (κ3) is 3.94. The van der Waals surface area contributed by atoms with Gasteiger partial charge >= 0.3 is 0 Å². The molecule has 1 N–H and O–H groups in total. The van der Waals surface area contributed by atoms with Crippen molar-refractivity contribution in [2.45, 2.75) is 62.7 Å². The summed E-state index contributed by atoms with van der Waals surface area (Å²) in [5.41, 5.74) is 2.42. The zero-order valence-corrected chi connectivity index (χ0v) is 14.3. The van der Waals surface area contributed by atoms with E-state index >= 15 is 0 Å². The maximum Gasteiger partial charge on any atom is 0.235 e. The molecule has 3 rings (SSSR count). The number of benzene rings is 1. The van der Waals surface area contributed by atoms with Gasteiger partial charge in [-0.05, 0) is 43.2 Å². The van der Waals surface area contributed by atoms with E-state index in [4.69, 9.17) is 0 Å². The first-order valence-electron chi connectivity index (χ1n) is 8.65. The van der Waals surface area contributed by atoms with Gasteiger partial charge in [-0.3, -0.25) is 4.79 Å². The second kappa shape index (κ2) is 7.04. The number of nitrogens with one attached hydrogen (secondary N) is 1. The molecule has 2 aliphatic carbocycles. The van der Waals surface area contributed by atoms with Gasteiger partial charge in [0.1, 0.15) is 5.75 Å². The Morgan fingerprint density at radius 1 is 1.04 bits per heavy atom. The molecular formula is C18H25NO3S. The minimum absolute atomic E-state index is 0.0556. The number of hydrogen-bond donors (Lipinski definition) is 1. The molecule has 0 unspecified atom stereocenters. The number of amides is 1. The smallest absolute Gasteiger partial charge is 0.235 e. The van der Waals surface area contributed by atoms with Gasteiger partial charge in [-0.25, -0.2) is 8.42 Å². The van der Waals surface area contributed by atoms with Gasteiger partial charge in [0.15, 0.2) is 9.84 Å². The summed E-state index contributed by atoms with van der Waals surface area (Å²) in [7, 11) is -3.31. The molecule has 1 saturated carbocycles. The van der Waals surface area contributed by atoms with Gasteiger partial charge in [-0.15, -0.1) is 0 Å². The van der Waals surface area contributed by atoms with Gasteiger partial charge < -0.3 is 5.32 Å². The number of hydrogen-bond acceptors (Lipinski definition) is 3. The van der Waals surface area contributed by atoms with E-state index in [-0.39, 0.29) is 23.0 Å². The zero-order valence-electron chi connectivity index (χ0n) is 13.5. The van der Waals surface area contributed by atoms with Crippen molar-refractivity contribution in [3.8, 4) is 0 Å². The highest BCUT2D eigenvalue weighted by atomic mass is 32.2. The summed E-state index contributed by atoms with van der Waals surface area (Å²) in [6.07, 6.45) is 7.42. The highest BCUT2D eigenvalue weighted by molar-refractivity contribution is 7.92. The van der Waals surface area contributed by atoms with Gasteiger partial charge in [-0.1, -0.05) is 43.5 Å². The van der Waals surface area contributed by atoms with E-state index < -0.39 is 9.84 Å². The largest absolute Gasteiger partial charge is 0.348 e. The van der Waals surface area contributed by atoms with Gasteiger partial charge in [0.2, 0.25) is 5.91 Å². The summed E-state index contributed by atoms with van der Waals surface area (Å²) in [6.45, 7) is 0. The lowest BCUT2D eigenvalue weighted by Gasteiger charge is -2.20. The third-order valence-corrected chi connectivity index (χ3v) is 7.25. The van der Waals surface area contributed by atoms with Crippen LogP contribution in [0.2, 0.25) is 0 Å². The van der Waals surface area contributed by atoms with Crippen molar-refractivity contribution in [1.29, 1.82) is 0 Å². The summed E-state index contributed by atoms with van der Waals surface area (Å²) in [5, 5.41) is 2.67. The Balaban J connectivity index is 1.68. The molecule has 1 fully saturated rings. The Labute approximate surface area is 138 Å². The van der Waals surface area contributed by atoms with E-state index in [0.717, 1.165) is 44.1 Å². The van der Waals surface area contributed by atoms with Crippen molar-refractivity contribution in [3.05, 3.63) is 35.4 Å². The molecule has 1 atom stereocenters. The van der Waals surface area contributed by atoms with Gasteiger partial charge in [-0.2, -0.15) is 0 Å². The van der Waals surface area contributed by atoms with Crippen LogP contribution in [0.25, 0.3) is 0 Å². The van der Waals surface area contributed by atoms with Crippen molar-refractivity contribution in [3.63, 3.8) is 0 Å². The summed E-state index contributed by atoms with van der Waals surface area (Å²) in [5.74, 6) is -0.713. The number of fused-ring (bicyclic) bond motifs is 1. The van der Waals surface area contributed by atoms with Crippen LogP contribution in [0.5, 0.6) is 0 Å². The zero-order chi connectivity index (χ0) is 16.3. The van der Waals surface area contributed by atoms with Gasteiger partial charge in [0, 0.05) is 0 Å². The molecule has 0 spiro atoms. The van der Waals surface area contributed by atoms with E-state index in [2.05, 4.69) is 17.4 Å². The molecule has 0 heterocycles. The molecule has 2 aliphatic rings. The molecule has 0 aliphatic heterocycles. The fourth-order valence-electron chi connectivity index (χ4n) is 3.86. The molecule has 5 heteroatoms. The summed E-state index contributed by atoms with van der Waals surface area (Å²) in [6, 6.07) is 8.11.